The fourth-order valence-corrected chi connectivity index (χ4v) is 3.04. The van der Waals surface area contributed by atoms with Crippen molar-refractivity contribution in [2.75, 3.05) is 13.6 Å². The summed E-state index contributed by atoms with van der Waals surface area (Å²) < 4.78 is 10.4. The average Bonchev–Trinajstić information content (AvgIpc) is 3.34. The number of nitriles is 1. The smallest absolute Gasteiger partial charge is 0.338 e. The molecule has 0 fully saturated rings. The van der Waals surface area contributed by atoms with E-state index in [0.29, 0.717) is 5.76 Å². The molecule has 0 spiro atoms. The molecule has 2 aromatic rings. The van der Waals surface area contributed by atoms with E-state index < -0.39 is 29.8 Å². The quantitative estimate of drug-likeness (QED) is 0.506. The van der Waals surface area contributed by atoms with E-state index >= 15 is 0 Å². The maximum Gasteiger partial charge on any atom is 0.338 e. The monoisotopic (exact) mass is 409 g/mol. The molecule has 1 aliphatic heterocycles. The summed E-state index contributed by atoms with van der Waals surface area (Å²) in [5.74, 6) is -1.81. The molecule has 0 aliphatic carbocycles. The lowest BCUT2D eigenvalue weighted by Gasteiger charge is -2.20. The summed E-state index contributed by atoms with van der Waals surface area (Å²) in [4.78, 5) is 52.2. The summed E-state index contributed by atoms with van der Waals surface area (Å²) in [5.41, 5.74) is 0.323. The molecule has 3 rings (SSSR count). The van der Waals surface area contributed by atoms with Crippen LogP contribution in [0, 0.1) is 11.3 Å². The van der Waals surface area contributed by atoms with Gasteiger partial charge in [-0.3, -0.25) is 19.3 Å². The van der Waals surface area contributed by atoms with Crippen LogP contribution >= 0.6 is 0 Å². The largest absolute Gasteiger partial charge is 0.467 e. The van der Waals surface area contributed by atoms with Crippen LogP contribution < -0.4 is 0 Å². The van der Waals surface area contributed by atoms with Gasteiger partial charge in [-0.05, 0) is 37.3 Å². The van der Waals surface area contributed by atoms with Gasteiger partial charge in [-0.1, -0.05) is 0 Å². The minimum absolute atomic E-state index is 0.0142. The molecule has 1 aromatic carbocycles. The van der Waals surface area contributed by atoms with E-state index in [4.69, 9.17) is 14.4 Å². The predicted molar refractivity (Wildman–Crippen MR) is 102 cm³/mol. The molecule has 0 bridgehead atoms. The van der Waals surface area contributed by atoms with E-state index in [2.05, 4.69) is 0 Å². The molecule has 0 N–H and O–H groups in total. The summed E-state index contributed by atoms with van der Waals surface area (Å²) in [6, 6.07) is 9.29. The Morgan fingerprint density at radius 3 is 2.63 bits per heavy atom. The number of carbonyl (C=O) groups excluding carboxylic acids is 4. The molecule has 2 heterocycles. The second kappa shape index (κ2) is 8.61. The van der Waals surface area contributed by atoms with Gasteiger partial charge in [0, 0.05) is 13.6 Å². The van der Waals surface area contributed by atoms with Gasteiger partial charge in [-0.15, -0.1) is 0 Å². The molecule has 0 saturated carbocycles. The van der Waals surface area contributed by atoms with Crippen molar-refractivity contribution < 1.29 is 28.3 Å². The number of furan rings is 1. The number of amides is 3. The van der Waals surface area contributed by atoms with Crippen molar-refractivity contribution in [3.05, 3.63) is 59.0 Å². The molecule has 1 aromatic heterocycles. The first-order valence-corrected chi connectivity index (χ1v) is 9.19. The van der Waals surface area contributed by atoms with Crippen LogP contribution in [0.3, 0.4) is 0 Å². The third-order valence-electron chi connectivity index (χ3n) is 4.67. The highest BCUT2D eigenvalue weighted by Crippen LogP contribution is 2.26. The van der Waals surface area contributed by atoms with Crippen molar-refractivity contribution >= 4 is 23.7 Å². The van der Waals surface area contributed by atoms with Crippen molar-refractivity contribution in [1.29, 1.82) is 5.26 Å². The summed E-state index contributed by atoms with van der Waals surface area (Å²) in [5, 5.41) is 8.60. The zero-order chi connectivity index (χ0) is 21.8. The van der Waals surface area contributed by atoms with Crippen LogP contribution in [0.5, 0.6) is 0 Å². The van der Waals surface area contributed by atoms with E-state index in [1.807, 2.05) is 6.07 Å². The topological polar surface area (TPSA) is 121 Å². The Kier molecular flexibility index (Phi) is 5.97. The Balaban J connectivity index is 1.71. The third kappa shape index (κ3) is 4.07. The van der Waals surface area contributed by atoms with Crippen LogP contribution in [0.4, 0.5) is 0 Å². The van der Waals surface area contributed by atoms with Crippen molar-refractivity contribution in [1.82, 2.24) is 9.80 Å². The number of esters is 1. The standard InChI is InChI=1S/C21H19N3O6/c1-13(18(25)23(2)9-4-8-22)30-21(28)14-6-7-16-17(11-14)20(27)24(19(16)26)12-15-5-3-10-29-15/h3,5-7,10-11,13H,4,9,12H2,1-2H3/t13-/m1/s1. The molecule has 1 aliphatic rings. The van der Waals surface area contributed by atoms with Crippen LogP contribution in [0.15, 0.2) is 41.0 Å². The van der Waals surface area contributed by atoms with E-state index in [1.54, 1.807) is 12.1 Å². The molecule has 1 atom stereocenters. The second-order valence-electron chi connectivity index (χ2n) is 6.75. The fraction of sp³-hybridized carbons (Fsp3) is 0.286. The Morgan fingerprint density at radius 1 is 1.23 bits per heavy atom. The minimum Gasteiger partial charge on any atom is -0.467 e. The summed E-state index contributed by atoms with van der Waals surface area (Å²) in [6.07, 6.45) is 0.544. The number of benzene rings is 1. The molecule has 0 radical (unpaired) electrons. The first kappa shape index (κ1) is 20.8. The van der Waals surface area contributed by atoms with E-state index in [0.717, 1.165) is 4.90 Å². The summed E-state index contributed by atoms with van der Waals surface area (Å²) >= 11 is 0. The summed E-state index contributed by atoms with van der Waals surface area (Å²) in [6.45, 7) is 1.63. The van der Waals surface area contributed by atoms with Gasteiger partial charge in [0.25, 0.3) is 17.7 Å². The van der Waals surface area contributed by atoms with Crippen LogP contribution in [0.25, 0.3) is 0 Å². The molecule has 9 heteroatoms. The normalized spacial score (nSPS) is 13.6. The van der Waals surface area contributed by atoms with Crippen LogP contribution in [0.1, 0.15) is 50.2 Å². The number of rotatable bonds is 7. The van der Waals surface area contributed by atoms with Crippen LogP contribution in [-0.2, 0) is 16.1 Å². The van der Waals surface area contributed by atoms with Gasteiger partial charge < -0.3 is 14.1 Å². The van der Waals surface area contributed by atoms with Crippen molar-refractivity contribution in [3.63, 3.8) is 0 Å². The number of carbonyl (C=O) groups is 4. The number of fused-ring (bicyclic) bond motifs is 1. The van der Waals surface area contributed by atoms with E-state index in [9.17, 15) is 19.2 Å². The van der Waals surface area contributed by atoms with E-state index in [1.165, 1.54) is 43.3 Å². The van der Waals surface area contributed by atoms with Gasteiger partial charge in [-0.25, -0.2) is 4.79 Å². The zero-order valence-electron chi connectivity index (χ0n) is 16.5. The predicted octanol–water partition coefficient (Wildman–Crippen LogP) is 1.99. The second-order valence-corrected chi connectivity index (χ2v) is 6.75. The Morgan fingerprint density at radius 2 is 1.97 bits per heavy atom. The molecule has 154 valence electrons. The molecule has 0 saturated heterocycles. The molecule has 3 amide bonds. The number of hydrogen-bond donors (Lipinski definition) is 0. The lowest BCUT2D eigenvalue weighted by molar-refractivity contribution is -0.138. The van der Waals surface area contributed by atoms with Gasteiger partial charge in [-0.2, -0.15) is 5.26 Å². The molecule has 0 unspecified atom stereocenters. The van der Waals surface area contributed by atoms with Gasteiger partial charge in [0.2, 0.25) is 0 Å². The lowest BCUT2D eigenvalue weighted by Crippen LogP contribution is -2.37. The van der Waals surface area contributed by atoms with Gasteiger partial charge in [0.15, 0.2) is 6.10 Å². The van der Waals surface area contributed by atoms with E-state index in [-0.39, 0.29) is 36.2 Å². The Labute approximate surface area is 172 Å². The van der Waals surface area contributed by atoms with Crippen molar-refractivity contribution in [3.8, 4) is 6.07 Å². The lowest BCUT2D eigenvalue weighted by atomic mass is 10.1. The van der Waals surface area contributed by atoms with Gasteiger partial charge in [0.1, 0.15) is 5.76 Å². The first-order chi connectivity index (χ1) is 14.3. The van der Waals surface area contributed by atoms with Crippen molar-refractivity contribution in [2.45, 2.75) is 26.0 Å². The molecular weight excluding hydrogens is 390 g/mol. The SMILES string of the molecule is C[C@@H](OC(=O)c1ccc2c(c1)C(=O)N(Cc1ccco1)C2=O)C(=O)N(C)CCC#N. The number of likely N-dealkylation sites (N-methyl/N-ethyl adjacent to an activating group) is 1. The highest BCUT2D eigenvalue weighted by Gasteiger charge is 2.36. The number of imide groups is 1. The van der Waals surface area contributed by atoms with Crippen LogP contribution in [0.2, 0.25) is 0 Å². The highest BCUT2D eigenvalue weighted by molar-refractivity contribution is 6.21. The maximum absolute atomic E-state index is 12.7. The molecular formula is C21H19N3O6. The van der Waals surface area contributed by atoms with Crippen LogP contribution in [-0.4, -0.2) is 53.2 Å². The Hall–Kier alpha value is -3.93. The Bertz CT molecular complexity index is 1040. The third-order valence-corrected chi connectivity index (χ3v) is 4.67. The fourth-order valence-electron chi connectivity index (χ4n) is 3.04. The first-order valence-electron chi connectivity index (χ1n) is 9.19. The summed E-state index contributed by atoms with van der Waals surface area (Å²) in [7, 11) is 1.51. The molecule has 30 heavy (non-hydrogen) atoms. The van der Waals surface area contributed by atoms with Gasteiger partial charge >= 0.3 is 5.97 Å². The molecule has 9 nitrogen and oxygen atoms in total. The average molecular weight is 409 g/mol. The van der Waals surface area contributed by atoms with Gasteiger partial charge in [0.05, 0.1) is 42.0 Å². The van der Waals surface area contributed by atoms with Crippen molar-refractivity contribution in [2.24, 2.45) is 0 Å². The minimum atomic E-state index is -1.07. The maximum atomic E-state index is 12.7. The highest BCUT2D eigenvalue weighted by atomic mass is 16.5. The number of nitrogens with zero attached hydrogens (tertiary/aromatic N) is 3. The zero-order valence-corrected chi connectivity index (χ0v) is 16.5. The number of ether oxygens (including phenoxy) is 1. The number of hydrogen-bond acceptors (Lipinski definition) is 7.